The van der Waals surface area contributed by atoms with E-state index in [0.29, 0.717) is 28.7 Å². The maximum Gasteiger partial charge on any atom is 0.266 e. The van der Waals surface area contributed by atoms with Crippen molar-refractivity contribution in [2.75, 3.05) is 6.54 Å². The number of aryl methyl sites for hydroxylation is 1. The van der Waals surface area contributed by atoms with E-state index in [1.165, 1.54) is 17.3 Å². The van der Waals surface area contributed by atoms with Gasteiger partial charge in [-0.25, -0.2) is 0 Å². The maximum absolute atomic E-state index is 13.0. The number of rotatable bonds is 9. The predicted molar refractivity (Wildman–Crippen MR) is 146 cm³/mol. The molecule has 0 aliphatic carbocycles. The summed E-state index contributed by atoms with van der Waals surface area (Å²) >= 11 is 6.82. The molecule has 0 saturated carbocycles. The number of benzene rings is 2. The van der Waals surface area contributed by atoms with Crippen LogP contribution in [0.1, 0.15) is 63.1 Å². The SMILES string of the molecule is Cc1ccc(C=C2SC(=S)N(CCCCCC(=O)N(Cc3ccccc3)C(C)(C)C)C2=O)cc1. The molecule has 2 amide bonds. The molecule has 1 aliphatic heterocycles. The van der Waals surface area contributed by atoms with E-state index in [4.69, 9.17) is 12.2 Å². The van der Waals surface area contributed by atoms with Crippen LogP contribution < -0.4 is 0 Å². The Kier molecular flexibility index (Phi) is 9.09. The first-order chi connectivity index (χ1) is 16.1. The minimum Gasteiger partial charge on any atom is -0.334 e. The second-order valence-electron chi connectivity index (χ2n) is 9.69. The van der Waals surface area contributed by atoms with Crippen LogP contribution in [0.15, 0.2) is 59.5 Å². The van der Waals surface area contributed by atoms with Gasteiger partial charge in [-0.1, -0.05) is 90.6 Å². The number of thiocarbonyl (C=S) groups is 1. The Labute approximate surface area is 213 Å². The summed E-state index contributed by atoms with van der Waals surface area (Å²) in [5.41, 5.74) is 3.09. The molecule has 0 unspecified atom stereocenters. The summed E-state index contributed by atoms with van der Waals surface area (Å²) in [5, 5.41) is 0. The zero-order chi connectivity index (χ0) is 24.7. The average molecular weight is 495 g/mol. The van der Waals surface area contributed by atoms with Gasteiger partial charge in [-0.15, -0.1) is 0 Å². The van der Waals surface area contributed by atoms with Crippen LogP contribution in [-0.2, 0) is 16.1 Å². The van der Waals surface area contributed by atoms with E-state index in [0.717, 1.165) is 30.4 Å². The molecular formula is C28H34N2O2S2. The summed E-state index contributed by atoms with van der Waals surface area (Å²) in [6.07, 6.45) is 4.92. The van der Waals surface area contributed by atoms with Crippen LogP contribution in [-0.4, -0.2) is 38.0 Å². The minimum absolute atomic E-state index is 0.0200. The van der Waals surface area contributed by atoms with Gasteiger partial charge in [-0.2, -0.15) is 0 Å². The standard InChI is InChI=1S/C28H34N2O2S2/c1-21-14-16-22(17-15-21)19-24-26(32)29(27(33)34-24)18-10-6-9-13-25(31)30(28(2,3)4)20-23-11-7-5-8-12-23/h5,7-8,11-12,14-17,19H,6,9-10,13,18,20H2,1-4H3. The molecule has 3 rings (SSSR count). The number of carbonyl (C=O) groups is 2. The highest BCUT2D eigenvalue weighted by Gasteiger charge is 2.31. The lowest BCUT2D eigenvalue weighted by Crippen LogP contribution is -2.45. The molecule has 0 aromatic heterocycles. The third kappa shape index (κ3) is 7.28. The fraction of sp³-hybridized carbons (Fsp3) is 0.393. The van der Waals surface area contributed by atoms with Gasteiger partial charge in [0.2, 0.25) is 5.91 Å². The van der Waals surface area contributed by atoms with Crippen LogP contribution in [0.2, 0.25) is 0 Å². The van der Waals surface area contributed by atoms with Gasteiger partial charge in [-0.3, -0.25) is 14.5 Å². The molecule has 1 saturated heterocycles. The monoisotopic (exact) mass is 494 g/mol. The van der Waals surface area contributed by atoms with Gasteiger partial charge in [-0.05, 0) is 57.7 Å². The summed E-state index contributed by atoms with van der Waals surface area (Å²) in [6.45, 7) is 9.48. The first-order valence-corrected chi connectivity index (χ1v) is 13.0. The van der Waals surface area contributed by atoms with E-state index in [1.54, 1.807) is 4.90 Å². The molecule has 0 radical (unpaired) electrons. The number of carbonyl (C=O) groups excluding carboxylic acids is 2. The highest BCUT2D eigenvalue weighted by molar-refractivity contribution is 8.26. The van der Waals surface area contributed by atoms with Crippen molar-refractivity contribution in [1.29, 1.82) is 0 Å². The highest BCUT2D eigenvalue weighted by atomic mass is 32.2. The zero-order valence-corrected chi connectivity index (χ0v) is 22.2. The van der Waals surface area contributed by atoms with Gasteiger partial charge < -0.3 is 4.90 Å². The number of thioether (sulfide) groups is 1. The number of unbranched alkanes of at least 4 members (excludes halogenated alkanes) is 2. The van der Waals surface area contributed by atoms with Crippen molar-refractivity contribution >= 4 is 46.2 Å². The number of nitrogens with zero attached hydrogens (tertiary/aromatic N) is 2. The molecule has 1 fully saturated rings. The van der Waals surface area contributed by atoms with Crippen molar-refractivity contribution in [2.24, 2.45) is 0 Å². The van der Waals surface area contributed by atoms with Crippen LogP contribution in [0.3, 0.4) is 0 Å². The van der Waals surface area contributed by atoms with Crippen molar-refractivity contribution < 1.29 is 9.59 Å². The van der Waals surface area contributed by atoms with E-state index in [1.807, 2.05) is 60.4 Å². The summed E-state index contributed by atoms with van der Waals surface area (Å²) in [4.78, 5) is 30.1. The molecule has 180 valence electrons. The second-order valence-corrected chi connectivity index (χ2v) is 11.4. The molecular weight excluding hydrogens is 460 g/mol. The average Bonchev–Trinajstić information content (AvgIpc) is 3.05. The van der Waals surface area contributed by atoms with Crippen LogP contribution in [0.4, 0.5) is 0 Å². The van der Waals surface area contributed by atoms with Gasteiger partial charge in [0.15, 0.2) is 0 Å². The normalized spacial score (nSPS) is 15.3. The fourth-order valence-electron chi connectivity index (χ4n) is 3.83. The molecule has 2 aromatic rings. The first kappa shape index (κ1) is 26.2. The van der Waals surface area contributed by atoms with Crippen LogP contribution in [0.25, 0.3) is 6.08 Å². The maximum atomic E-state index is 13.0. The van der Waals surface area contributed by atoms with Gasteiger partial charge in [0.05, 0.1) is 4.91 Å². The molecule has 2 aromatic carbocycles. The quantitative estimate of drug-likeness (QED) is 0.224. The Morgan fingerprint density at radius 3 is 2.35 bits per heavy atom. The van der Waals surface area contributed by atoms with E-state index in [9.17, 15) is 9.59 Å². The van der Waals surface area contributed by atoms with Crippen LogP contribution in [0.5, 0.6) is 0 Å². The van der Waals surface area contributed by atoms with Crippen molar-refractivity contribution in [3.8, 4) is 0 Å². The number of amides is 2. The van der Waals surface area contributed by atoms with Crippen molar-refractivity contribution in [3.05, 3.63) is 76.2 Å². The summed E-state index contributed by atoms with van der Waals surface area (Å²) in [6, 6.07) is 18.2. The fourth-order valence-corrected chi connectivity index (χ4v) is 5.14. The third-order valence-electron chi connectivity index (χ3n) is 5.82. The molecule has 4 nitrogen and oxygen atoms in total. The second kappa shape index (κ2) is 11.8. The molecule has 0 N–H and O–H groups in total. The van der Waals surface area contributed by atoms with E-state index in [-0.39, 0.29) is 17.4 Å². The van der Waals surface area contributed by atoms with Crippen molar-refractivity contribution in [2.45, 2.75) is 65.5 Å². The molecule has 0 atom stereocenters. The van der Waals surface area contributed by atoms with Gasteiger partial charge in [0, 0.05) is 25.0 Å². The highest BCUT2D eigenvalue weighted by Crippen LogP contribution is 2.33. The van der Waals surface area contributed by atoms with E-state index in [2.05, 4.69) is 32.9 Å². The molecule has 1 aliphatic rings. The summed E-state index contributed by atoms with van der Waals surface area (Å²) < 4.78 is 0.612. The van der Waals surface area contributed by atoms with Crippen molar-refractivity contribution in [3.63, 3.8) is 0 Å². The smallest absolute Gasteiger partial charge is 0.266 e. The van der Waals surface area contributed by atoms with Crippen LogP contribution >= 0.6 is 24.0 Å². The Balaban J connectivity index is 1.47. The van der Waals surface area contributed by atoms with Gasteiger partial charge in [0.1, 0.15) is 4.32 Å². The lowest BCUT2D eigenvalue weighted by Gasteiger charge is -2.36. The number of hydrogen-bond acceptors (Lipinski definition) is 4. The molecule has 0 spiro atoms. The first-order valence-electron chi connectivity index (χ1n) is 11.8. The zero-order valence-electron chi connectivity index (χ0n) is 20.5. The lowest BCUT2D eigenvalue weighted by molar-refractivity contribution is -0.137. The van der Waals surface area contributed by atoms with Gasteiger partial charge in [0.25, 0.3) is 5.91 Å². The Morgan fingerprint density at radius 2 is 1.71 bits per heavy atom. The largest absolute Gasteiger partial charge is 0.334 e. The van der Waals surface area contributed by atoms with E-state index < -0.39 is 0 Å². The molecule has 34 heavy (non-hydrogen) atoms. The predicted octanol–water partition coefficient (Wildman–Crippen LogP) is 6.58. The Morgan fingerprint density at radius 1 is 1.03 bits per heavy atom. The van der Waals surface area contributed by atoms with Crippen LogP contribution in [0, 0.1) is 6.92 Å². The summed E-state index contributed by atoms with van der Waals surface area (Å²) in [5.74, 6) is 0.149. The summed E-state index contributed by atoms with van der Waals surface area (Å²) in [7, 11) is 0. The minimum atomic E-state index is -0.238. The Hall–Kier alpha value is -2.44. The van der Waals surface area contributed by atoms with Crippen molar-refractivity contribution in [1.82, 2.24) is 9.80 Å². The van der Waals surface area contributed by atoms with Gasteiger partial charge >= 0.3 is 0 Å². The molecule has 6 heteroatoms. The number of hydrogen-bond donors (Lipinski definition) is 0. The third-order valence-corrected chi connectivity index (χ3v) is 7.19. The molecule has 0 bridgehead atoms. The topological polar surface area (TPSA) is 40.6 Å². The Bertz CT molecular complexity index is 1040. The molecule has 1 heterocycles. The lowest BCUT2D eigenvalue weighted by atomic mass is 10.0. The van der Waals surface area contributed by atoms with E-state index >= 15 is 0 Å².